The summed E-state index contributed by atoms with van der Waals surface area (Å²) in [4.78, 5) is 12.9. The van der Waals surface area contributed by atoms with Crippen LogP contribution in [0.4, 0.5) is 0 Å². The standard InChI is InChI=1S/C20H22O/c1-16(21)20(19-14-8-9-15-19,17-10-4-2-5-11-17)18-12-6-3-7-13-18/h2-7,10-13,19H,8-9,14-15H2,1H3. The van der Waals surface area contributed by atoms with Crippen molar-refractivity contribution < 1.29 is 4.79 Å². The summed E-state index contributed by atoms with van der Waals surface area (Å²) >= 11 is 0. The minimum atomic E-state index is -0.473. The monoisotopic (exact) mass is 278 g/mol. The van der Waals surface area contributed by atoms with Gasteiger partial charge in [-0.1, -0.05) is 73.5 Å². The Bertz CT molecular complexity index is 555. The Balaban J connectivity index is 2.24. The van der Waals surface area contributed by atoms with E-state index in [-0.39, 0.29) is 5.78 Å². The fourth-order valence-corrected chi connectivity index (χ4v) is 4.09. The number of hydrogen-bond donors (Lipinski definition) is 0. The van der Waals surface area contributed by atoms with E-state index in [0.717, 1.165) is 24.0 Å². The lowest BCUT2D eigenvalue weighted by molar-refractivity contribution is -0.122. The van der Waals surface area contributed by atoms with Crippen LogP contribution in [0.5, 0.6) is 0 Å². The molecule has 0 aromatic heterocycles. The Morgan fingerprint density at radius 1 is 0.857 bits per heavy atom. The van der Waals surface area contributed by atoms with Gasteiger partial charge < -0.3 is 0 Å². The first-order valence-corrected chi connectivity index (χ1v) is 7.88. The van der Waals surface area contributed by atoms with E-state index >= 15 is 0 Å². The molecular weight excluding hydrogens is 256 g/mol. The Kier molecular flexibility index (Phi) is 3.92. The number of carbonyl (C=O) groups is 1. The second-order valence-electron chi connectivity index (χ2n) is 6.08. The van der Waals surface area contributed by atoms with Crippen molar-refractivity contribution in [1.82, 2.24) is 0 Å². The smallest absolute Gasteiger partial charge is 0.145 e. The van der Waals surface area contributed by atoms with Crippen LogP contribution in [0.3, 0.4) is 0 Å². The van der Waals surface area contributed by atoms with Crippen LogP contribution in [-0.2, 0) is 10.2 Å². The third kappa shape index (κ3) is 2.31. The zero-order chi connectivity index (χ0) is 14.7. The van der Waals surface area contributed by atoms with Crippen LogP contribution in [0, 0.1) is 5.92 Å². The molecule has 0 amide bonds. The predicted molar refractivity (Wildman–Crippen MR) is 86.3 cm³/mol. The van der Waals surface area contributed by atoms with Gasteiger partial charge in [0.15, 0.2) is 0 Å². The molecule has 0 atom stereocenters. The molecule has 0 spiro atoms. The molecule has 1 saturated carbocycles. The van der Waals surface area contributed by atoms with Gasteiger partial charge in [0.25, 0.3) is 0 Å². The van der Waals surface area contributed by atoms with Gasteiger partial charge in [0.1, 0.15) is 5.78 Å². The number of carbonyl (C=O) groups excluding carboxylic acids is 1. The molecule has 0 unspecified atom stereocenters. The fraction of sp³-hybridized carbons (Fsp3) is 0.350. The van der Waals surface area contributed by atoms with Gasteiger partial charge >= 0.3 is 0 Å². The molecule has 1 heteroatoms. The minimum absolute atomic E-state index is 0.270. The molecule has 2 aromatic rings. The van der Waals surface area contributed by atoms with Crippen molar-refractivity contribution in [3.8, 4) is 0 Å². The zero-order valence-electron chi connectivity index (χ0n) is 12.6. The van der Waals surface area contributed by atoms with E-state index < -0.39 is 5.41 Å². The molecule has 108 valence electrons. The summed E-state index contributed by atoms with van der Waals surface area (Å²) in [6.07, 6.45) is 4.76. The number of hydrogen-bond acceptors (Lipinski definition) is 1. The Morgan fingerprint density at radius 3 is 1.67 bits per heavy atom. The van der Waals surface area contributed by atoms with Crippen molar-refractivity contribution in [2.75, 3.05) is 0 Å². The first kappa shape index (κ1) is 14.1. The highest BCUT2D eigenvalue weighted by atomic mass is 16.1. The van der Waals surface area contributed by atoms with Crippen LogP contribution in [0.2, 0.25) is 0 Å². The Hall–Kier alpha value is -1.89. The maximum absolute atomic E-state index is 12.9. The van der Waals surface area contributed by atoms with Crippen molar-refractivity contribution in [3.63, 3.8) is 0 Å². The molecule has 1 aliphatic carbocycles. The minimum Gasteiger partial charge on any atom is -0.299 e. The van der Waals surface area contributed by atoms with Crippen molar-refractivity contribution >= 4 is 5.78 Å². The highest BCUT2D eigenvalue weighted by Gasteiger charge is 2.46. The van der Waals surface area contributed by atoms with Gasteiger partial charge in [-0.05, 0) is 36.8 Å². The van der Waals surface area contributed by atoms with E-state index in [1.54, 1.807) is 6.92 Å². The van der Waals surface area contributed by atoms with Crippen LogP contribution in [0.25, 0.3) is 0 Å². The van der Waals surface area contributed by atoms with Gasteiger partial charge in [-0.15, -0.1) is 0 Å². The predicted octanol–water partition coefficient (Wildman–Crippen LogP) is 4.75. The lowest BCUT2D eigenvalue weighted by Crippen LogP contribution is -2.42. The first-order valence-electron chi connectivity index (χ1n) is 7.88. The quantitative estimate of drug-likeness (QED) is 0.788. The highest BCUT2D eigenvalue weighted by molar-refractivity contribution is 5.92. The van der Waals surface area contributed by atoms with Crippen molar-refractivity contribution in [1.29, 1.82) is 0 Å². The average molecular weight is 278 g/mol. The lowest BCUT2D eigenvalue weighted by Gasteiger charge is -2.38. The summed E-state index contributed by atoms with van der Waals surface area (Å²) in [5.41, 5.74) is 1.82. The van der Waals surface area contributed by atoms with E-state index in [4.69, 9.17) is 0 Å². The molecule has 0 bridgehead atoms. The largest absolute Gasteiger partial charge is 0.299 e. The van der Waals surface area contributed by atoms with Gasteiger partial charge in [0, 0.05) is 0 Å². The van der Waals surface area contributed by atoms with Gasteiger partial charge in [-0.3, -0.25) is 4.79 Å². The summed E-state index contributed by atoms with van der Waals surface area (Å²) in [5.74, 6) is 0.687. The van der Waals surface area contributed by atoms with Crippen LogP contribution >= 0.6 is 0 Å². The molecule has 3 rings (SSSR count). The molecule has 0 aliphatic heterocycles. The van der Waals surface area contributed by atoms with Crippen LogP contribution in [-0.4, -0.2) is 5.78 Å². The van der Waals surface area contributed by atoms with Crippen LogP contribution in [0.1, 0.15) is 43.7 Å². The topological polar surface area (TPSA) is 17.1 Å². The van der Waals surface area contributed by atoms with Crippen LogP contribution in [0.15, 0.2) is 60.7 Å². The maximum Gasteiger partial charge on any atom is 0.145 e. The third-order valence-corrected chi connectivity index (χ3v) is 4.98. The molecule has 2 aromatic carbocycles. The first-order chi connectivity index (χ1) is 10.3. The highest BCUT2D eigenvalue weighted by Crippen LogP contribution is 2.47. The van der Waals surface area contributed by atoms with Crippen molar-refractivity contribution in [2.45, 2.75) is 38.0 Å². The van der Waals surface area contributed by atoms with Crippen LogP contribution < -0.4 is 0 Å². The molecule has 1 aliphatic rings. The van der Waals surface area contributed by atoms with E-state index in [2.05, 4.69) is 24.3 Å². The van der Waals surface area contributed by atoms with Crippen molar-refractivity contribution in [3.05, 3.63) is 71.8 Å². The molecule has 0 N–H and O–H groups in total. The summed E-state index contributed by atoms with van der Waals surface area (Å²) in [5, 5.41) is 0. The number of benzene rings is 2. The van der Waals surface area contributed by atoms with E-state index in [1.165, 1.54) is 12.8 Å². The van der Waals surface area contributed by atoms with E-state index in [0.29, 0.717) is 5.92 Å². The molecular formula is C20H22O. The second-order valence-corrected chi connectivity index (χ2v) is 6.08. The molecule has 0 heterocycles. The molecule has 1 nitrogen and oxygen atoms in total. The Labute approximate surface area is 127 Å². The zero-order valence-corrected chi connectivity index (χ0v) is 12.6. The lowest BCUT2D eigenvalue weighted by atomic mass is 9.63. The number of ketones is 1. The second kappa shape index (κ2) is 5.85. The number of Topliss-reactive ketones (excluding diaryl/α,β-unsaturated/α-hetero) is 1. The van der Waals surface area contributed by atoms with Gasteiger partial charge in [-0.25, -0.2) is 0 Å². The molecule has 1 fully saturated rings. The maximum atomic E-state index is 12.9. The molecule has 0 radical (unpaired) electrons. The summed E-state index contributed by atoms with van der Waals surface area (Å²) in [6, 6.07) is 20.7. The SMILES string of the molecule is CC(=O)C(c1ccccc1)(c1ccccc1)C1CCCC1. The normalized spacial score (nSPS) is 16.0. The van der Waals surface area contributed by atoms with Crippen molar-refractivity contribution in [2.24, 2.45) is 5.92 Å². The Morgan fingerprint density at radius 2 is 1.29 bits per heavy atom. The molecule has 21 heavy (non-hydrogen) atoms. The van der Waals surface area contributed by atoms with E-state index in [1.807, 2.05) is 36.4 Å². The van der Waals surface area contributed by atoms with E-state index in [9.17, 15) is 4.79 Å². The average Bonchev–Trinajstić information content (AvgIpc) is 3.04. The van der Waals surface area contributed by atoms with Gasteiger partial charge in [0.05, 0.1) is 5.41 Å². The van der Waals surface area contributed by atoms with Gasteiger partial charge in [0.2, 0.25) is 0 Å². The fourth-order valence-electron chi connectivity index (χ4n) is 4.09. The summed E-state index contributed by atoms with van der Waals surface area (Å²) < 4.78 is 0. The molecule has 0 saturated heterocycles. The number of rotatable bonds is 4. The summed E-state index contributed by atoms with van der Waals surface area (Å²) in [6.45, 7) is 1.76. The third-order valence-electron chi connectivity index (χ3n) is 4.98. The summed E-state index contributed by atoms with van der Waals surface area (Å²) in [7, 11) is 0. The van der Waals surface area contributed by atoms with Gasteiger partial charge in [-0.2, -0.15) is 0 Å².